The molecule has 3 heteroatoms. The maximum atomic E-state index is 9.63. The number of thiophene rings is 1. The minimum atomic E-state index is -0.0530. The van der Waals surface area contributed by atoms with Crippen molar-refractivity contribution in [1.29, 1.82) is 0 Å². The summed E-state index contributed by atoms with van der Waals surface area (Å²) < 4.78 is 0. The summed E-state index contributed by atoms with van der Waals surface area (Å²) in [5, 5.41) is 17.6. The topological polar surface area (TPSA) is 32.3 Å². The average Bonchev–Trinajstić information content (AvgIpc) is 2.79. The van der Waals surface area contributed by atoms with Crippen LogP contribution in [0.1, 0.15) is 38.2 Å². The van der Waals surface area contributed by atoms with E-state index < -0.39 is 0 Å². The number of nitrogens with one attached hydrogen (secondary N) is 1. The summed E-state index contributed by atoms with van der Waals surface area (Å²) in [6, 6.07) is 2.73. The van der Waals surface area contributed by atoms with Gasteiger partial charge in [0.1, 0.15) is 0 Å². The van der Waals surface area contributed by atoms with Crippen LogP contribution in [0.25, 0.3) is 0 Å². The summed E-state index contributed by atoms with van der Waals surface area (Å²) >= 11 is 1.77. The van der Waals surface area contributed by atoms with Gasteiger partial charge in [-0.2, -0.15) is 11.3 Å². The summed E-state index contributed by atoms with van der Waals surface area (Å²) in [4.78, 5) is 0. The molecular formula is C14H23NOS. The van der Waals surface area contributed by atoms with E-state index in [0.29, 0.717) is 12.0 Å². The molecule has 1 heterocycles. The SMILES string of the molecule is CC(Cc1ccsc1)NCC1CCCC(O)C1. The molecule has 1 aromatic heterocycles. The van der Waals surface area contributed by atoms with Crippen LogP contribution in [0.15, 0.2) is 16.8 Å². The molecule has 1 saturated carbocycles. The standard InChI is InChI=1S/C14H23NOS/c1-11(7-13-5-6-17-10-13)15-9-12-3-2-4-14(16)8-12/h5-6,10-12,14-16H,2-4,7-9H2,1H3. The summed E-state index contributed by atoms with van der Waals surface area (Å²) in [6.45, 7) is 3.30. The predicted molar refractivity (Wildman–Crippen MR) is 73.5 cm³/mol. The Hall–Kier alpha value is -0.380. The number of aliphatic hydroxyl groups is 1. The minimum absolute atomic E-state index is 0.0530. The maximum absolute atomic E-state index is 9.63. The number of aliphatic hydroxyl groups excluding tert-OH is 1. The zero-order valence-electron chi connectivity index (χ0n) is 10.6. The van der Waals surface area contributed by atoms with Gasteiger partial charge in [-0.05, 0) is 67.5 Å². The fourth-order valence-corrected chi connectivity index (χ4v) is 3.33. The highest BCUT2D eigenvalue weighted by Crippen LogP contribution is 2.23. The Morgan fingerprint density at radius 3 is 3.12 bits per heavy atom. The van der Waals surface area contributed by atoms with Gasteiger partial charge in [0.2, 0.25) is 0 Å². The van der Waals surface area contributed by atoms with E-state index in [9.17, 15) is 5.11 Å². The van der Waals surface area contributed by atoms with Crippen molar-refractivity contribution in [3.05, 3.63) is 22.4 Å². The van der Waals surface area contributed by atoms with Crippen molar-refractivity contribution in [2.24, 2.45) is 5.92 Å². The molecule has 17 heavy (non-hydrogen) atoms. The lowest BCUT2D eigenvalue weighted by Crippen LogP contribution is -2.35. The van der Waals surface area contributed by atoms with Gasteiger partial charge >= 0.3 is 0 Å². The number of hydrogen-bond acceptors (Lipinski definition) is 3. The zero-order chi connectivity index (χ0) is 12.1. The first-order chi connectivity index (χ1) is 8.24. The van der Waals surface area contributed by atoms with E-state index in [1.54, 1.807) is 11.3 Å². The Morgan fingerprint density at radius 2 is 2.41 bits per heavy atom. The molecule has 3 atom stereocenters. The minimum Gasteiger partial charge on any atom is -0.393 e. The smallest absolute Gasteiger partial charge is 0.0543 e. The first-order valence-corrected chi connectivity index (χ1v) is 7.61. The van der Waals surface area contributed by atoms with Crippen LogP contribution in [-0.4, -0.2) is 23.8 Å². The van der Waals surface area contributed by atoms with Gasteiger partial charge in [-0.15, -0.1) is 0 Å². The van der Waals surface area contributed by atoms with Crippen molar-refractivity contribution in [3.63, 3.8) is 0 Å². The first kappa shape index (κ1) is 13.1. The van der Waals surface area contributed by atoms with Crippen LogP contribution in [-0.2, 0) is 6.42 Å². The summed E-state index contributed by atoms with van der Waals surface area (Å²) in [6.07, 6.45) is 5.50. The Balaban J connectivity index is 1.67. The van der Waals surface area contributed by atoms with Gasteiger partial charge in [0, 0.05) is 6.04 Å². The number of rotatable bonds is 5. The molecule has 0 saturated heterocycles. The second-order valence-electron chi connectivity index (χ2n) is 5.33. The van der Waals surface area contributed by atoms with E-state index in [0.717, 1.165) is 25.8 Å². The van der Waals surface area contributed by atoms with Crippen LogP contribution in [0.3, 0.4) is 0 Å². The second kappa shape index (κ2) is 6.53. The van der Waals surface area contributed by atoms with E-state index in [1.165, 1.54) is 18.4 Å². The monoisotopic (exact) mass is 253 g/mol. The van der Waals surface area contributed by atoms with Crippen molar-refractivity contribution in [3.8, 4) is 0 Å². The van der Waals surface area contributed by atoms with Gasteiger partial charge in [-0.1, -0.05) is 6.42 Å². The van der Waals surface area contributed by atoms with Crippen molar-refractivity contribution in [1.82, 2.24) is 5.32 Å². The Morgan fingerprint density at radius 1 is 1.53 bits per heavy atom. The van der Waals surface area contributed by atoms with Crippen LogP contribution in [0.5, 0.6) is 0 Å². The molecular weight excluding hydrogens is 230 g/mol. The third kappa shape index (κ3) is 4.41. The van der Waals surface area contributed by atoms with Gasteiger partial charge in [-0.25, -0.2) is 0 Å². The van der Waals surface area contributed by atoms with Crippen LogP contribution < -0.4 is 5.32 Å². The molecule has 1 fully saturated rings. The Kier molecular flexibility index (Phi) is 5.01. The van der Waals surface area contributed by atoms with E-state index in [4.69, 9.17) is 0 Å². The molecule has 1 aromatic rings. The normalized spacial score (nSPS) is 26.9. The van der Waals surface area contributed by atoms with Crippen molar-refractivity contribution in [2.75, 3.05) is 6.54 Å². The lowest BCUT2D eigenvalue weighted by molar-refractivity contribution is 0.0998. The van der Waals surface area contributed by atoms with Crippen LogP contribution in [0.4, 0.5) is 0 Å². The Bertz CT molecular complexity index is 312. The van der Waals surface area contributed by atoms with Crippen molar-refractivity contribution in [2.45, 2.75) is 51.2 Å². The molecule has 2 N–H and O–H groups in total. The van der Waals surface area contributed by atoms with Gasteiger partial charge in [0.25, 0.3) is 0 Å². The molecule has 2 rings (SSSR count). The summed E-state index contributed by atoms with van der Waals surface area (Å²) in [5.74, 6) is 0.670. The maximum Gasteiger partial charge on any atom is 0.0543 e. The number of hydrogen-bond donors (Lipinski definition) is 2. The zero-order valence-corrected chi connectivity index (χ0v) is 11.4. The predicted octanol–water partition coefficient (Wildman–Crippen LogP) is 2.82. The van der Waals surface area contributed by atoms with Crippen molar-refractivity contribution < 1.29 is 5.11 Å². The van der Waals surface area contributed by atoms with Crippen LogP contribution >= 0.6 is 11.3 Å². The van der Waals surface area contributed by atoms with Crippen LogP contribution in [0.2, 0.25) is 0 Å². The third-order valence-corrected chi connectivity index (χ3v) is 4.36. The van der Waals surface area contributed by atoms with Gasteiger partial charge < -0.3 is 10.4 Å². The lowest BCUT2D eigenvalue weighted by atomic mass is 9.87. The highest BCUT2D eigenvalue weighted by atomic mass is 32.1. The molecule has 0 amide bonds. The molecule has 1 aliphatic carbocycles. The van der Waals surface area contributed by atoms with Gasteiger partial charge in [0.05, 0.1) is 6.10 Å². The second-order valence-corrected chi connectivity index (χ2v) is 6.11. The van der Waals surface area contributed by atoms with Gasteiger partial charge in [-0.3, -0.25) is 0 Å². The fourth-order valence-electron chi connectivity index (χ4n) is 2.65. The van der Waals surface area contributed by atoms with Crippen LogP contribution in [0, 0.1) is 5.92 Å². The van der Waals surface area contributed by atoms with E-state index in [1.807, 2.05) is 0 Å². The highest BCUT2D eigenvalue weighted by molar-refractivity contribution is 7.07. The fraction of sp³-hybridized carbons (Fsp3) is 0.714. The summed E-state index contributed by atoms with van der Waals surface area (Å²) in [5.41, 5.74) is 1.43. The molecule has 0 aliphatic heterocycles. The first-order valence-electron chi connectivity index (χ1n) is 6.66. The molecule has 0 radical (unpaired) electrons. The lowest BCUT2D eigenvalue weighted by Gasteiger charge is -2.27. The molecule has 2 nitrogen and oxygen atoms in total. The molecule has 96 valence electrons. The van der Waals surface area contributed by atoms with Crippen molar-refractivity contribution >= 4 is 11.3 Å². The molecule has 0 aromatic carbocycles. The summed E-state index contributed by atoms with van der Waals surface area (Å²) in [7, 11) is 0. The molecule has 0 bridgehead atoms. The largest absolute Gasteiger partial charge is 0.393 e. The quantitative estimate of drug-likeness (QED) is 0.846. The highest BCUT2D eigenvalue weighted by Gasteiger charge is 2.20. The molecule has 3 unspecified atom stereocenters. The Labute approximate surface area is 108 Å². The molecule has 1 aliphatic rings. The van der Waals surface area contributed by atoms with E-state index in [2.05, 4.69) is 29.1 Å². The van der Waals surface area contributed by atoms with E-state index in [-0.39, 0.29) is 6.10 Å². The average molecular weight is 253 g/mol. The van der Waals surface area contributed by atoms with E-state index >= 15 is 0 Å². The van der Waals surface area contributed by atoms with Gasteiger partial charge in [0.15, 0.2) is 0 Å². The third-order valence-electron chi connectivity index (χ3n) is 3.63. The molecule has 0 spiro atoms.